The van der Waals surface area contributed by atoms with Crippen LogP contribution in [-0.2, 0) is 10.0 Å². The summed E-state index contributed by atoms with van der Waals surface area (Å²) in [7, 11) is -3.42. The second-order valence-corrected chi connectivity index (χ2v) is 7.37. The molecule has 7 nitrogen and oxygen atoms in total. The lowest BCUT2D eigenvalue weighted by Crippen LogP contribution is -2.48. The van der Waals surface area contributed by atoms with E-state index in [0.29, 0.717) is 18.0 Å². The molecule has 0 atom stereocenters. The Morgan fingerprint density at radius 2 is 1.79 bits per heavy atom. The highest BCUT2D eigenvalue weighted by Gasteiger charge is 2.19. The number of nitrogens with one attached hydrogen (secondary N) is 1. The molecule has 1 aromatic heterocycles. The number of piperazine rings is 1. The zero-order valence-electron chi connectivity index (χ0n) is 13.4. The lowest BCUT2D eigenvalue weighted by atomic mass is 10.3. The molecular weight excluding hydrogens is 326 g/mol. The van der Waals surface area contributed by atoms with Crippen LogP contribution in [0, 0.1) is 0 Å². The lowest BCUT2D eigenvalue weighted by molar-refractivity contribution is 0.261. The van der Waals surface area contributed by atoms with Gasteiger partial charge in [-0.3, -0.25) is 9.88 Å². The highest BCUT2D eigenvalue weighted by molar-refractivity contribution is 7.89. The van der Waals surface area contributed by atoms with Crippen molar-refractivity contribution < 1.29 is 8.42 Å². The van der Waals surface area contributed by atoms with Gasteiger partial charge in [0.25, 0.3) is 0 Å². The van der Waals surface area contributed by atoms with E-state index in [1.807, 2.05) is 0 Å². The highest BCUT2D eigenvalue weighted by Crippen LogP contribution is 2.11. The third-order valence-corrected chi connectivity index (χ3v) is 5.50. The van der Waals surface area contributed by atoms with Crippen LogP contribution in [0.5, 0.6) is 0 Å². The summed E-state index contributed by atoms with van der Waals surface area (Å²) in [5.41, 5.74) is 0. The average Bonchev–Trinajstić information content (AvgIpc) is 2.64. The summed E-state index contributed by atoms with van der Waals surface area (Å²) in [4.78, 5) is 13.1. The molecule has 2 aromatic rings. The third kappa shape index (κ3) is 4.28. The largest absolute Gasteiger partial charge is 0.353 e. The molecule has 1 aromatic carbocycles. The third-order valence-electron chi connectivity index (χ3n) is 4.02. The monoisotopic (exact) mass is 347 g/mol. The summed E-state index contributed by atoms with van der Waals surface area (Å²) in [5, 5.41) is 0. The van der Waals surface area contributed by atoms with Crippen LogP contribution in [0.1, 0.15) is 0 Å². The number of rotatable bonds is 6. The van der Waals surface area contributed by atoms with Gasteiger partial charge in [-0.15, -0.1) is 0 Å². The molecule has 1 fully saturated rings. The normalized spacial score (nSPS) is 16.2. The molecule has 2 heterocycles. The fourth-order valence-corrected chi connectivity index (χ4v) is 3.72. The molecule has 0 aliphatic carbocycles. The predicted octanol–water partition coefficient (Wildman–Crippen LogP) is 0.577. The van der Waals surface area contributed by atoms with E-state index < -0.39 is 10.0 Å². The topological polar surface area (TPSA) is 78.4 Å². The minimum Gasteiger partial charge on any atom is -0.353 e. The first-order valence-corrected chi connectivity index (χ1v) is 9.41. The Kier molecular flexibility index (Phi) is 5.39. The van der Waals surface area contributed by atoms with E-state index in [9.17, 15) is 8.42 Å². The van der Waals surface area contributed by atoms with Gasteiger partial charge in [-0.25, -0.2) is 18.1 Å². The van der Waals surface area contributed by atoms with E-state index in [-0.39, 0.29) is 0 Å². The maximum Gasteiger partial charge on any atom is 0.240 e. The van der Waals surface area contributed by atoms with Gasteiger partial charge in [0.2, 0.25) is 10.0 Å². The summed E-state index contributed by atoms with van der Waals surface area (Å²) in [6, 6.07) is 8.44. The first-order chi connectivity index (χ1) is 11.6. The number of hydrogen-bond donors (Lipinski definition) is 1. The van der Waals surface area contributed by atoms with Crippen molar-refractivity contribution in [1.82, 2.24) is 19.6 Å². The Bertz CT molecular complexity index is 732. The molecule has 1 aliphatic heterocycles. The van der Waals surface area contributed by atoms with Gasteiger partial charge < -0.3 is 4.90 Å². The second kappa shape index (κ2) is 7.69. The quantitative estimate of drug-likeness (QED) is 0.823. The maximum absolute atomic E-state index is 12.2. The van der Waals surface area contributed by atoms with E-state index >= 15 is 0 Å². The van der Waals surface area contributed by atoms with Crippen molar-refractivity contribution in [3.05, 3.63) is 48.9 Å². The van der Waals surface area contributed by atoms with Crippen LogP contribution in [0.4, 0.5) is 5.82 Å². The number of sulfonamides is 1. The van der Waals surface area contributed by atoms with Crippen molar-refractivity contribution in [3.63, 3.8) is 0 Å². The van der Waals surface area contributed by atoms with E-state index in [1.165, 1.54) is 0 Å². The molecule has 128 valence electrons. The Balaban J connectivity index is 1.44. The fraction of sp³-hybridized carbons (Fsp3) is 0.375. The van der Waals surface area contributed by atoms with Crippen molar-refractivity contribution in [3.8, 4) is 0 Å². The van der Waals surface area contributed by atoms with Crippen LogP contribution in [0.25, 0.3) is 0 Å². The molecule has 0 saturated carbocycles. The van der Waals surface area contributed by atoms with Gasteiger partial charge in [-0.05, 0) is 12.1 Å². The van der Waals surface area contributed by atoms with E-state index in [2.05, 4.69) is 24.5 Å². The maximum atomic E-state index is 12.2. The van der Waals surface area contributed by atoms with Crippen LogP contribution in [0.3, 0.4) is 0 Å². The average molecular weight is 347 g/mol. The minimum atomic E-state index is -3.42. The van der Waals surface area contributed by atoms with E-state index in [1.54, 1.807) is 48.9 Å². The first-order valence-electron chi connectivity index (χ1n) is 7.93. The minimum absolute atomic E-state index is 0.303. The molecule has 0 spiro atoms. The molecule has 1 saturated heterocycles. The lowest BCUT2D eigenvalue weighted by Gasteiger charge is -2.35. The van der Waals surface area contributed by atoms with Crippen LogP contribution < -0.4 is 9.62 Å². The van der Waals surface area contributed by atoms with Crippen molar-refractivity contribution in [1.29, 1.82) is 0 Å². The van der Waals surface area contributed by atoms with Gasteiger partial charge in [0.05, 0.1) is 11.1 Å². The number of benzene rings is 1. The SMILES string of the molecule is O=S(=O)(NCCN1CCN(c2cnccn2)CC1)c1ccccc1. The Labute approximate surface area is 142 Å². The fourth-order valence-electron chi connectivity index (χ4n) is 2.68. The zero-order valence-corrected chi connectivity index (χ0v) is 14.2. The summed E-state index contributed by atoms with van der Waals surface area (Å²) in [5.74, 6) is 0.891. The second-order valence-electron chi connectivity index (χ2n) is 5.60. The zero-order chi connectivity index (χ0) is 16.8. The highest BCUT2D eigenvalue weighted by atomic mass is 32.2. The number of anilines is 1. The molecule has 0 radical (unpaired) electrons. The molecule has 3 rings (SSSR count). The molecule has 0 bridgehead atoms. The van der Waals surface area contributed by atoms with Crippen LogP contribution in [0.15, 0.2) is 53.8 Å². The summed E-state index contributed by atoms with van der Waals surface area (Å²) < 4.78 is 27.0. The van der Waals surface area contributed by atoms with Crippen molar-refractivity contribution in [2.24, 2.45) is 0 Å². The summed E-state index contributed by atoms with van der Waals surface area (Å²) in [6.07, 6.45) is 5.13. The standard InChI is InChI=1S/C16H21N5O2S/c22-24(23,15-4-2-1-3-5-15)19-8-9-20-10-12-21(13-11-20)16-14-17-6-7-18-16/h1-7,14,19H,8-13H2. The Morgan fingerprint density at radius 1 is 1.04 bits per heavy atom. The predicted molar refractivity (Wildman–Crippen MR) is 92.3 cm³/mol. The van der Waals surface area contributed by atoms with Gasteiger partial charge in [0.15, 0.2) is 0 Å². The molecular formula is C16H21N5O2S. The van der Waals surface area contributed by atoms with Crippen molar-refractivity contribution in [2.45, 2.75) is 4.90 Å². The van der Waals surface area contributed by atoms with Crippen LogP contribution in [-0.4, -0.2) is 62.6 Å². The van der Waals surface area contributed by atoms with Crippen molar-refractivity contribution in [2.75, 3.05) is 44.2 Å². The van der Waals surface area contributed by atoms with Gasteiger partial charge in [-0.1, -0.05) is 18.2 Å². The van der Waals surface area contributed by atoms with Gasteiger partial charge >= 0.3 is 0 Å². The van der Waals surface area contributed by atoms with Crippen LogP contribution in [0.2, 0.25) is 0 Å². The first kappa shape index (κ1) is 16.8. The molecule has 1 aliphatic rings. The Morgan fingerprint density at radius 3 is 2.46 bits per heavy atom. The summed E-state index contributed by atoms with van der Waals surface area (Å²) >= 11 is 0. The molecule has 1 N–H and O–H groups in total. The number of nitrogens with zero attached hydrogens (tertiary/aromatic N) is 4. The summed E-state index contributed by atoms with van der Waals surface area (Å²) in [6.45, 7) is 4.59. The molecule has 0 unspecified atom stereocenters. The number of aromatic nitrogens is 2. The van der Waals surface area contributed by atoms with Crippen LogP contribution >= 0.6 is 0 Å². The molecule has 8 heteroatoms. The van der Waals surface area contributed by atoms with E-state index in [0.717, 1.165) is 32.0 Å². The number of hydrogen-bond acceptors (Lipinski definition) is 6. The smallest absolute Gasteiger partial charge is 0.240 e. The molecule has 0 amide bonds. The molecule has 24 heavy (non-hydrogen) atoms. The van der Waals surface area contributed by atoms with Crippen molar-refractivity contribution >= 4 is 15.8 Å². The van der Waals surface area contributed by atoms with Gasteiger partial charge in [0, 0.05) is 51.7 Å². The Hall–Kier alpha value is -2.03. The van der Waals surface area contributed by atoms with Gasteiger partial charge in [-0.2, -0.15) is 0 Å². The van der Waals surface area contributed by atoms with Gasteiger partial charge in [0.1, 0.15) is 5.82 Å². The van der Waals surface area contributed by atoms with E-state index in [4.69, 9.17) is 0 Å².